The molecular formula is C22H30F3N5O3. The van der Waals surface area contributed by atoms with Crippen molar-refractivity contribution in [3.63, 3.8) is 0 Å². The highest BCUT2D eigenvalue weighted by atomic mass is 19.4. The maximum Gasteiger partial charge on any atom is 0.437 e. The lowest BCUT2D eigenvalue weighted by Gasteiger charge is -2.24. The molecule has 11 heteroatoms. The molecule has 0 saturated heterocycles. The molecule has 0 unspecified atom stereocenters. The molecule has 0 bridgehead atoms. The molecule has 3 rings (SSSR count). The quantitative estimate of drug-likeness (QED) is 0.543. The van der Waals surface area contributed by atoms with Crippen molar-refractivity contribution in [3.05, 3.63) is 23.5 Å². The minimum atomic E-state index is -4.70. The monoisotopic (exact) mass is 469 g/mol. The minimum Gasteiger partial charge on any atom is -0.488 e. The van der Waals surface area contributed by atoms with Crippen LogP contribution in [0.5, 0.6) is 5.75 Å². The Morgan fingerprint density at radius 3 is 2.64 bits per heavy atom. The second-order valence-corrected chi connectivity index (χ2v) is 8.26. The molecule has 1 amide bonds. The first-order chi connectivity index (χ1) is 15.7. The van der Waals surface area contributed by atoms with E-state index in [0.717, 1.165) is 44.9 Å². The van der Waals surface area contributed by atoms with E-state index in [-0.39, 0.29) is 29.8 Å². The number of ether oxygens (including phenoxy) is 2. The van der Waals surface area contributed by atoms with Gasteiger partial charge in [-0.05, 0) is 44.2 Å². The summed E-state index contributed by atoms with van der Waals surface area (Å²) in [5, 5.41) is 7.85. The summed E-state index contributed by atoms with van der Waals surface area (Å²) in [6, 6.07) is 2.71. The van der Waals surface area contributed by atoms with Crippen molar-refractivity contribution in [2.24, 2.45) is 7.05 Å². The number of nitrogens with zero attached hydrogens (tertiary/aromatic N) is 5. The SMILES string of the molecule is CCCCN(C)C(=O)OCc1c(-c2ccc(OC3CCCCC3)c(C(F)(F)F)n2)nnn1C. The summed E-state index contributed by atoms with van der Waals surface area (Å²) < 4.78 is 53.7. The Hall–Kier alpha value is -2.85. The highest BCUT2D eigenvalue weighted by molar-refractivity contribution is 5.67. The standard InChI is InChI=1S/C22H30F3N5O3/c1-4-5-13-29(2)21(31)32-14-17-19(27-28-30(17)3)16-11-12-18(20(26-16)22(23,24)25)33-15-9-7-6-8-10-15/h11-12,15H,4-10,13-14H2,1-3H3. The normalized spacial score (nSPS) is 14.8. The Bertz CT molecular complexity index is 942. The Balaban J connectivity index is 1.82. The molecule has 0 N–H and O–H groups in total. The number of hydrogen-bond acceptors (Lipinski definition) is 6. The van der Waals surface area contributed by atoms with E-state index >= 15 is 0 Å². The van der Waals surface area contributed by atoms with Crippen molar-refractivity contribution in [2.45, 2.75) is 70.8 Å². The molecule has 0 atom stereocenters. The average molecular weight is 470 g/mol. The number of amides is 1. The Morgan fingerprint density at radius 2 is 1.97 bits per heavy atom. The first kappa shape index (κ1) is 24.8. The molecule has 2 aromatic heterocycles. The largest absolute Gasteiger partial charge is 0.488 e. The van der Waals surface area contributed by atoms with Crippen LogP contribution in [0.15, 0.2) is 12.1 Å². The summed E-state index contributed by atoms with van der Waals surface area (Å²) in [6.07, 6.45) is 0.690. The molecular weight excluding hydrogens is 439 g/mol. The van der Waals surface area contributed by atoms with Gasteiger partial charge in [0.1, 0.15) is 18.0 Å². The molecule has 1 fully saturated rings. The third-order valence-corrected chi connectivity index (χ3v) is 5.65. The second kappa shape index (κ2) is 10.8. The van der Waals surface area contributed by atoms with Crippen LogP contribution in [0.3, 0.4) is 0 Å². The van der Waals surface area contributed by atoms with E-state index in [1.165, 1.54) is 21.7 Å². The van der Waals surface area contributed by atoms with Gasteiger partial charge >= 0.3 is 12.3 Å². The third kappa shape index (κ3) is 6.35. The van der Waals surface area contributed by atoms with Gasteiger partial charge in [0.2, 0.25) is 0 Å². The number of hydrogen-bond donors (Lipinski definition) is 0. The zero-order valence-corrected chi connectivity index (χ0v) is 19.2. The highest BCUT2D eigenvalue weighted by Crippen LogP contribution is 2.38. The van der Waals surface area contributed by atoms with Crippen molar-refractivity contribution in [3.8, 4) is 17.1 Å². The molecule has 0 radical (unpaired) electrons. The van der Waals surface area contributed by atoms with Crippen LogP contribution in [0.2, 0.25) is 0 Å². The zero-order valence-electron chi connectivity index (χ0n) is 19.2. The maximum absolute atomic E-state index is 13.8. The number of aromatic nitrogens is 4. The minimum absolute atomic E-state index is 0.0168. The number of carbonyl (C=O) groups is 1. The molecule has 2 aromatic rings. The highest BCUT2D eigenvalue weighted by Gasteiger charge is 2.38. The van der Waals surface area contributed by atoms with Crippen LogP contribution in [0, 0.1) is 0 Å². The van der Waals surface area contributed by atoms with Crippen LogP contribution in [-0.4, -0.2) is 50.7 Å². The fraction of sp³-hybridized carbons (Fsp3) is 0.636. The lowest BCUT2D eigenvalue weighted by atomic mass is 9.98. The summed E-state index contributed by atoms with van der Waals surface area (Å²) >= 11 is 0. The fourth-order valence-electron chi connectivity index (χ4n) is 3.70. The summed E-state index contributed by atoms with van der Waals surface area (Å²) in [4.78, 5) is 17.5. The predicted molar refractivity (Wildman–Crippen MR) is 114 cm³/mol. The molecule has 1 saturated carbocycles. The van der Waals surface area contributed by atoms with E-state index in [4.69, 9.17) is 9.47 Å². The molecule has 33 heavy (non-hydrogen) atoms. The summed E-state index contributed by atoms with van der Waals surface area (Å²) in [6.45, 7) is 2.36. The Kier molecular flexibility index (Phi) is 8.15. The predicted octanol–water partition coefficient (Wildman–Crippen LogP) is 4.98. The molecule has 0 aromatic carbocycles. The molecule has 0 aliphatic heterocycles. The lowest BCUT2D eigenvalue weighted by molar-refractivity contribution is -0.143. The topological polar surface area (TPSA) is 82.4 Å². The first-order valence-corrected chi connectivity index (χ1v) is 11.2. The van der Waals surface area contributed by atoms with E-state index < -0.39 is 18.0 Å². The van der Waals surface area contributed by atoms with Gasteiger partial charge < -0.3 is 14.4 Å². The number of alkyl halides is 3. The number of carbonyl (C=O) groups excluding carboxylic acids is 1. The summed E-state index contributed by atoms with van der Waals surface area (Å²) in [5.41, 5.74) is -0.652. The lowest BCUT2D eigenvalue weighted by Crippen LogP contribution is -2.28. The average Bonchev–Trinajstić information content (AvgIpc) is 3.16. The van der Waals surface area contributed by atoms with Gasteiger partial charge in [0, 0.05) is 20.6 Å². The third-order valence-electron chi connectivity index (χ3n) is 5.65. The van der Waals surface area contributed by atoms with E-state index in [0.29, 0.717) is 12.2 Å². The van der Waals surface area contributed by atoms with Crippen LogP contribution in [0.1, 0.15) is 63.3 Å². The van der Waals surface area contributed by atoms with Gasteiger partial charge in [0.25, 0.3) is 0 Å². The van der Waals surface area contributed by atoms with Gasteiger partial charge in [-0.3, -0.25) is 0 Å². The van der Waals surface area contributed by atoms with Crippen molar-refractivity contribution in [1.82, 2.24) is 24.9 Å². The Morgan fingerprint density at radius 1 is 1.24 bits per heavy atom. The smallest absolute Gasteiger partial charge is 0.437 e. The number of unbranched alkanes of at least 4 members (excludes halogenated alkanes) is 1. The number of halogens is 3. The van der Waals surface area contributed by atoms with Gasteiger partial charge in [-0.15, -0.1) is 5.10 Å². The number of aryl methyl sites for hydroxylation is 1. The molecule has 0 spiro atoms. The van der Waals surface area contributed by atoms with Crippen molar-refractivity contribution in [2.75, 3.05) is 13.6 Å². The number of pyridine rings is 1. The second-order valence-electron chi connectivity index (χ2n) is 8.26. The van der Waals surface area contributed by atoms with Crippen LogP contribution < -0.4 is 4.74 Å². The van der Waals surface area contributed by atoms with Crippen LogP contribution in [0.25, 0.3) is 11.4 Å². The molecule has 182 valence electrons. The molecule has 1 aliphatic rings. The van der Waals surface area contributed by atoms with E-state index in [1.807, 2.05) is 6.92 Å². The summed E-state index contributed by atoms with van der Waals surface area (Å²) in [5.74, 6) is -0.285. The van der Waals surface area contributed by atoms with Gasteiger partial charge in [-0.2, -0.15) is 13.2 Å². The summed E-state index contributed by atoms with van der Waals surface area (Å²) in [7, 11) is 3.20. The fourth-order valence-corrected chi connectivity index (χ4v) is 3.70. The van der Waals surface area contributed by atoms with E-state index in [1.54, 1.807) is 14.1 Å². The van der Waals surface area contributed by atoms with Gasteiger partial charge in [-0.25, -0.2) is 14.5 Å². The van der Waals surface area contributed by atoms with Crippen LogP contribution in [-0.2, 0) is 24.6 Å². The van der Waals surface area contributed by atoms with Crippen LogP contribution >= 0.6 is 0 Å². The Labute approximate surface area is 191 Å². The van der Waals surface area contributed by atoms with Crippen molar-refractivity contribution >= 4 is 6.09 Å². The zero-order chi connectivity index (χ0) is 24.0. The number of rotatable bonds is 8. The molecule has 1 aliphatic carbocycles. The first-order valence-electron chi connectivity index (χ1n) is 11.2. The van der Waals surface area contributed by atoms with E-state index in [2.05, 4.69) is 15.3 Å². The van der Waals surface area contributed by atoms with Gasteiger partial charge in [0.15, 0.2) is 11.4 Å². The van der Waals surface area contributed by atoms with Crippen molar-refractivity contribution in [1.29, 1.82) is 0 Å². The van der Waals surface area contributed by atoms with Crippen LogP contribution in [0.4, 0.5) is 18.0 Å². The van der Waals surface area contributed by atoms with E-state index in [9.17, 15) is 18.0 Å². The molecule has 8 nitrogen and oxygen atoms in total. The van der Waals surface area contributed by atoms with Gasteiger partial charge in [-0.1, -0.05) is 25.0 Å². The van der Waals surface area contributed by atoms with Crippen molar-refractivity contribution < 1.29 is 27.4 Å². The van der Waals surface area contributed by atoms with Gasteiger partial charge in [0.05, 0.1) is 11.8 Å². The molecule has 2 heterocycles. The maximum atomic E-state index is 13.8.